The second-order valence-electron chi connectivity index (χ2n) is 3.89. The van der Waals surface area contributed by atoms with Crippen LogP contribution in [-0.2, 0) is 0 Å². The van der Waals surface area contributed by atoms with Crippen LogP contribution in [0.5, 0.6) is 0 Å². The van der Waals surface area contributed by atoms with Crippen LogP contribution in [0.2, 0.25) is 0 Å². The van der Waals surface area contributed by atoms with Crippen LogP contribution in [-0.4, -0.2) is 5.11 Å². The maximum Gasteiger partial charge on any atom is 0.132 e. The highest BCUT2D eigenvalue weighted by atomic mass is 19.1. The minimum atomic E-state index is -1.28. The molecule has 0 aliphatic heterocycles. The molecule has 0 spiro atoms. The summed E-state index contributed by atoms with van der Waals surface area (Å²) in [5.41, 5.74) is 1.00. The van der Waals surface area contributed by atoms with Gasteiger partial charge in [0.25, 0.3) is 0 Å². The zero-order valence-electron chi connectivity index (χ0n) is 9.32. The number of halogens is 2. The Morgan fingerprint density at radius 1 is 0.941 bits per heavy atom. The molecule has 1 nitrogen and oxygen atoms in total. The van der Waals surface area contributed by atoms with Gasteiger partial charge in [-0.3, -0.25) is 0 Å². The van der Waals surface area contributed by atoms with Gasteiger partial charge in [-0.1, -0.05) is 30.3 Å². The molecule has 0 heterocycles. The SMILES string of the molecule is Cc1ccccc1C(O)c1c(F)cccc1F. The standard InChI is InChI=1S/C14H12F2O/c1-9-5-2-3-6-10(9)14(17)13-11(15)7-4-8-12(13)16/h2-8,14,17H,1H3. The summed E-state index contributed by atoms with van der Waals surface area (Å²) in [4.78, 5) is 0. The third kappa shape index (κ3) is 2.19. The second kappa shape index (κ2) is 4.63. The smallest absolute Gasteiger partial charge is 0.132 e. The number of benzene rings is 2. The first-order valence-electron chi connectivity index (χ1n) is 5.28. The molecule has 1 N–H and O–H groups in total. The predicted molar refractivity (Wildman–Crippen MR) is 61.6 cm³/mol. The molecule has 2 aromatic rings. The van der Waals surface area contributed by atoms with Crippen LogP contribution in [0.4, 0.5) is 8.78 Å². The van der Waals surface area contributed by atoms with Crippen molar-refractivity contribution in [2.24, 2.45) is 0 Å². The topological polar surface area (TPSA) is 20.2 Å². The Balaban J connectivity index is 2.51. The summed E-state index contributed by atoms with van der Waals surface area (Å²) >= 11 is 0. The molecule has 3 heteroatoms. The first kappa shape index (κ1) is 11.7. The number of aliphatic hydroxyl groups is 1. The van der Waals surface area contributed by atoms with E-state index in [4.69, 9.17) is 0 Å². The van der Waals surface area contributed by atoms with Crippen LogP contribution in [0.1, 0.15) is 22.8 Å². The largest absolute Gasteiger partial charge is 0.383 e. The van der Waals surface area contributed by atoms with Gasteiger partial charge in [0.1, 0.15) is 17.7 Å². The van der Waals surface area contributed by atoms with Crippen LogP contribution >= 0.6 is 0 Å². The minimum Gasteiger partial charge on any atom is -0.383 e. The number of hydrogen-bond donors (Lipinski definition) is 1. The van der Waals surface area contributed by atoms with Gasteiger partial charge in [-0.25, -0.2) is 8.78 Å². The Bertz CT molecular complexity index is 517. The average Bonchev–Trinajstić information content (AvgIpc) is 2.29. The third-order valence-electron chi connectivity index (χ3n) is 2.76. The molecular weight excluding hydrogens is 222 g/mol. The van der Waals surface area contributed by atoms with Gasteiger partial charge >= 0.3 is 0 Å². The fourth-order valence-electron chi connectivity index (χ4n) is 1.82. The third-order valence-corrected chi connectivity index (χ3v) is 2.76. The average molecular weight is 234 g/mol. The Hall–Kier alpha value is -1.74. The van der Waals surface area contributed by atoms with Crippen molar-refractivity contribution in [3.05, 3.63) is 70.8 Å². The molecule has 0 aliphatic rings. The normalized spacial score (nSPS) is 12.5. The lowest BCUT2D eigenvalue weighted by molar-refractivity contribution is 0.208. The molecular formula is C14H12F2O. The molecule has 0 saturated heterocycles. The molecule has 1 atom stereocenters. The van der Waals surface area contributed by atoms with Crippen molar-refractivity contribution in [1.29, 1.82) is 0 Å². The van der Waals surface area contributed by atoms with Gasteiger partial charge in [0, 0.05) is 0 Å². The highest BCUT2D eigenvalue weighted by Gasteiger charge is 2.20. The molecule has 0 aromatic heterocycles. The van der Waals surface area contributed by atoms with Gasteiger partial charge in [-0.15, -0.1) is 0 Å². The first-order valence-corrected chi connectivity index (χ1v) is 5.28. The van der Waals surface area contributed by atoms with Gasteiger partial charge in [0.15, 0.2) is 0 Å². The summed E-state index contributed by atoms with van der Waals surface area (Å²) in [6, 6.07) is 10.5. The van der Waals surface area contributed by atoms with Gasteiger partial charge in [-0.2, -0.15) is 0 Å². The monoisotopic (exact) mass is 234 g/mol. The van der Waals surface area contributed by atoms with E-state index in [0.29, 0.717) is 5.56 Å². The zero-order valence-corrected chi connectivity index (χ0v) is 9.32. The van der Waals surface area contributed by atoms with Crippen molar-refractivity contribution >= 4 is 0 Å². The quantitative estimate of drug-likeness (QED) is 0.844. The van der Waals surface area contributed by atoms with Gasteiger partial charge in [0.2, 0.25) is 0 Å². The molecule has 2 rings (SSSR count). The second-order valence-corrected chi connectivity index (χ2v) is 3.89. The van der Waals surface area contributed by atoms with E-state index in [9.17, 15) is 13.9 Å². The summed E-state index contributed by atoms with van der Waals surface area (Å²) in [5, 5.41) is 10.1. The number of rotatable bonds is 2. The molecule has 0 amide bonds. The summed E-state index contributed by atoms with van der Waals surface area (Å²) in [6.07, 6.45) is -1.28. The molecule has 0 fully saturated rings. The Morgan fingerprint density at radius 3 is 2.12 bits per heavy atom. The number of hydrogen-bond acceptors (Lipinski definition) is 1. The molecule has 0 radical (unpaired) electrons. The van der Waals surface area contributed by atoms with E-state index >= 15 is 0 Å². The summed E-state index contributed by atoms with van der Waals surface area (Å²) < 4.78 is 27.0. The summed E-state index contributed by atoms with van der Waals surface area (Å²) in [6.45, 7) is 1.79. The van der Waals surface area contributed by atoms with Crippen LogP contribution in [0.25, 0.3) is 0 Å². The van der Waals surface area contributed by atoms with E-state index in [-0.39, 0.29) is 5.56 Å². The molecule has 0 aliphatic carbocycles. The lowest BCUT2D eigenvalue weighted by Gasteiger charge is -2.15. The van der Waals surface area contributed by atoms with E-state index in [1.165, 1.54) is 6.07 Å². The summed E-state index contributed by atoms with van der Waals surface area (Å²) in [5.74, 6) is -1.47. The van der Waals surface area contributed by atoms with Crippen LogP contribution in [0.3, 0.4) is 0 Å². The number of aryl methyl sites for hydroxylation is 1. The minimum absolute atomic E-state index is 0.304. The fourth-order valence-corrected chi connectivity index (χ4v) is 1.82. The highest BCUT2D eigenvalue weighted by Crippen LogP contribution is 2.28. The van der Waals surface area contributed by atoms with Crippen molar-refractivity contribution < 1.29 is 13.9 Å². The predicted octanol–water partition coefficient (Wildman–Crippen LogP) is 3.35. The van der Waals surface area contributed by atoms with E-state index in [1.54, 1.807) is 25.1 Å². The lowest BCUT2D eigenvalue weighted by Crippen LogP contribution is -2.07. The Morgan fingerprint density at radius 2 is 1.53 bits per heavy atom. The van der Waals surface area contributed by atoms with E-state index in [0.717, 1.165) is 17.7 Å². The molecule has 88 valence electrons. The number of aliphatic hydroxyl groups excluding tert-OH is 1. The van der Waals surface area contributed by atoms with E-state index < -0.39 is 17.7 Å². The molecule has 1 unspecified atom stereocenters. The fraction of sp³-hybridized carbons (Fsp3) is 0.143. The van der Waals surface area contributed by atoms with Crippen molar-refractivity contribution in [2.75, 3.05) is 0 Å². The Kier molecular flexibility index (Phi) is 3.20. The molecule has 0 bridgehead atoms. The van der Waals surface area contributed by atoms with Crippen LogP contribution in [0.15, 0.2) is 42.5 Å². The van der Waals surface area contributed by atoms with Gasteiger partial charge in [-0.05, 0) is 30.2 Å². The van der Waals surface area contributed by atoms with E-state index in [1.807, 2.05) is 6.07 Å². The van der Waals surface area contributed by atoms with Crippen LogP contribution < -0.4 is 0 Å². The zero-order chi connectivity index (χ0) is 12.4. The van der Waals surface area contributed by atoms with Crippen molar-refractivity contribution in [2.45, 2.75) is 13.0 Å². The maximum atomic E-state index is 13.5. The van der Waals surface area contributed by atoms with E-state index in [2.05, 4.69) is 0 Å². The lowest BCUT2D eigenvalue weighted by atomic mass is 9.97. The highest BCUT2D eigenvalue weighted by molar-refractivity contribution is 5.36. The molecule has 2 aromatic carbocycles. The van der Waals surface area contributed by atoms with Gasteiger partial charge < -0.3 is 5.11 Å². The van der Waals surface area contributed by atoms with Crippen molar-refractivity contribution in [3.8, 4) is 0 Å². The molecule has 17 heavy (non-hydrogen) atoms. The van der Waals surface area contributed by atoms with Crippen molar-refractivity contribution in [3.63, 3.8) is 0 Å². The molecule has 0 saturated carbocycles. The van der Waals surface area contributed by atoms with Crippen LogP contribution in [0, 0.1) is 18.6 Å². The van der Waals surface area contributed by atoms with Crippen molar-refractivity contribution in [1.82, 2.24) is 0 Å². The maximum absolute atomic E-state index is 13.5. The Labute approximate surface area is 98.3 Å². The first-order chi connectivity index (χ1) is 8.11. The van der Waals surface area contributed by atoms with Gasteiger partial charge in [0.05, 0.1) is 5.56 Å². The summed E-state index contributed by atoms with van der Waals surface area (Å²) in [7, 11) is 0.